The van der Waals surface area contributed by atoms with Crippen molar-refractivity contribution in [2.45, 2.75) is 33.5 Å². The molecule has 0 atom stereocenters. The Balaban J connectivity index is 1.53. The van der Waals surface area contributed by atoms with Crippen molar-refractivity contribution < 1.29 is 18.9 Å². The third-order valence-electron chi connectivity index (χ3n) is 8.89. The third-order valence-corrected chi connectivity index (χ3v) is 10.2. The van der Waals surface area contributed by atoms with Crippen LogP contribution >= 0.6 is 31.9 Å². The molecule has 0 aliphatic rings. The molecule has 0 N–H and O–H groups in total. The predicted molar refractivity (Wildman–Crippen MR) is 224 cm³/mol. The van der Waals surface area contributed by atoms with Crippen molar-refractivity contribution >= 4 is 43.0 Å². The van der Waals surface area contributed by atoms with E-state index in [0.717, 1.165) is 87.6 Å². The lowest BCUT2D eigenvalue weighted by Gasteiger charge is -2.21. The highest BCUT2D eigenvalue weighted by Gasteiger charge is 2.23. The van der Waals surface area contributed by atoms with E-state index in [0.29, 0.717) is 19.6 Å². The van der Waals surface area contributed by atoms with Gasteiger partial charge in [0.05, 0.1) is 14.2 Å². The molecule has 0 aromatic heterocycles. The van der Waals surface area contributed by atoms with Gasteiger partial charge in [-0.05, 0) is 61.4 Å². The standard InChI is InChI=1S/C47H42Br2O4/c1-32-23-25-42(50-3)38(27-32)46(36-19-11-13-21-44(36)52-30-34-15-7-5-8-16-34)40(48)29-41(49)47(39-28-33(2)24-26-43(39)51-4)37-20-12-14-22-45(37)53-31-35-17-9-6-10-18-35/h5-28H,29-31H2,1-4H3/b46-40-,47-41-. The molecule has 0 unspecified atom stereocenters. The highest BCUT2D eigenvalue weighted by atomic mass is 79.9. The Kier molecular flexibility index (Phi) is 12.9. The van der Waals surface area contributed by atoms with Crippen LogP contribution in [-0.4, -0.2) is 14.2 Å². The van der Waals surface area contributed by atoms with Crippen molar-refractivity contribution in [2.24, 2.45) is 0 Å². The summed E-state index contributed by atoms with van der Waals surface area (Å²) >= 11 is 8.24. The number of hydrogen-bond acceptors (Lipinski definition) is 4. The normalized spacial score (nSPS) is 12.0. The van der Waals surface area contributed by atoms with E-state index < -0.39 is 0 Å². The van der Waals surface area contributed by atoms with Gasteiger partial charge in [0, 0.05) is 48.8 Å². The van der Waals surface area contributed by atoms with E-state index in [1.54, 1.807) is 14.2 Å². The van der Waals surface area contributed by atoms with Gasteiger partial charge in [-0.15, -0.1) is 0 Å². The SMILES string of the molecule is COc1ccc(C)cc1/C(=C(\Br)C/C(Br)=C(/c1cc(C)ccc1OC)c1ccccc1OCc1ccccc1)c1ccccc1OCc1ccccc1. The number of benzene rings is 6. The molecule has 6 heteroatoms. The zero-order valence-electron chi connectivity index (χ0n) is 30.4. The van der Waals surface area contributed by atoms with Gasteiger partial charge in [0.25, 0.3) is 0 Å². The van der Waals surface area contributed by atoms with Crippen molar-refractivity contribution in [3.05, 3.63) is 199 Å². The fourth-order valence-electron chi connectivity index (χ4n) is 6.29. The average molecular weight is 831 g/mol. The maximum absolute atomic E-state index is 6.54. The van der Waals surface area contributed by atoms with Crippen LogP contribution in [0.15, 0.2) is 155 Å². The third kappa shape index (κ3) is 9.31. The number of rotatable bonds is 14. The first-order chi connectivity index (χ1) is 25.9. The monoisotopic (exact) mass is 828 g/mol. The zero-order chi connectivity index (χ0) is 37.2. The second-order valence-electron chi connectivity index (χ2n) is 12.7. The van der Waals surface area contributed by atoms with Crippen LogP contribution in [0.5, 0.6) is 23.0 Å². The molecule has 53 heavy (non-hydrogen) atoms. The Labute approximate surface area is 330 Å². The maximum Gasteiger partial charge on any atom is 0.127 e. The molecule has 0 radical (unpaired) electrons. The molecule has 6 aromatic carbocycles. The first kappa shape index (κ1) is 37.7. The number of methoxy groups -OCH3 is 2. The summed E-state index contributed by atoms with van der Waals surface area (Å²) in [7, 11) is 3.42. The van der Waals surface area contributed by atoms with E-state index in [-0.39, 0.29) is 0 Å². The van der Waals surface area contributed by atoms with Gasteiger partial charge >= 0.3 is 0 Å². The molecule has 6 aromatic rings. The van der Waals surface area contributed by atoms with Crippen LogP contribution in [0.25, 0.3) is 11.1 Å². The van der Waals surface area contributed by atoms with Gasteiger partial charge in [-0.1, -0.05) is 152 Å². The summed E-state index contributed by atoms with van der Waals surface area (Å²) in [6.07, 6.45) is 0.499. The fourth-order valence-corrected chi connectivity index (χ4v) is 8.08. The number of allylic oxidation sites excluding steroid dienone is 2. The second-order valence-corrected chi connectivity index (χ2v) is 14.6. The minimum absolute atomic E-state index is 0.439. The number of hydrogen-bond donors (Lipinski definition) is 0. The molecule has 0 spiro atoms. The van der Waals surface area contributed by atoms with E-state index >= 15 is 0 Å². The van der Waals surface area contributed by atoms with E-state index in [9.17, 15) is 0 Å². The first-order valence-corrected chi connectivity index (χ1v) is 19.0. The molecule has 0 bridgehead atoms. The van der Waals surface area contributed by atoms with Crippen molar-refractivity contribution in [3.8, 4) is 23.0 Å². The minimum Gasteiger partial charge on any atom is -0.496 e. The van der Waals surface area contributed by atoms with Crippen molar-refractivity contribution in [1.82, 2.24) is 0 Å². The summed E-state index contributed by atoms with van der Waals surface area (Å²) in [5.74, 6) is 3.07. The average Bonchev–Trinajstić information content (AvgIpc) is 3.18. The molecule has 0 saturated heterocycles. The van der Waals surface area contributed by atoms with Gasteiger partial charge in [-0.2, -0.15) is 0 Å². The van der Waals surface area contributed by atoms with Gasteiger partial charge in [0.15, 0.2) is 0 Å². The Morgan fingerprint density at radius 2 is 0.811 bits per heavy atom. The lowest BCUT2D eigenvalue weighted by molar-refractivity contribution is 0.305. The largest absolute Gasteiger partial charge is 0.496 e. The summed E-state index contributed by atoms with van der Waals surface area (Å²) in [6.45, 7) is 5.07. The van der Waals surface area contributed by atoms with Gasteiger partial charge < -0.3 is 18.9 Å². The summed E-state index contributed by atoms with van der Waals surface area (Å²) in [6, 6.07) is 49.3. The molecule has 0 aliphatic heterocycles. The maximum atomic E-state index is 6.54. The Bertz CT molecular complexity index is 2070. The predicted octanol–water partition coefficient (Wildman–Crippen LogP) is 12.9. The van der Waals surface area contributed by atoms with Crippen LogP contribution in [-0.2, 0) is 13.2 Å². The molecule has 0 fully saturated rings. The van der Waals surface area contributed by atoms with E-state index in [2.05, 4.69) is 106 Å². The molecule has 0 heterocycles. The summed E-state index contributed by atoms with van der Waals surface area (Å²) < 4.78 is 26.9. The molecule has 0 saturated carbocycles. The van der Waals surface area contributed by atoms with Crippen LogP contribution in [0.2, 0.25) is 0 Å². The molecule has 0 aliphatic carbocycles. The molecule has 268 valence electrons. The Morgan fingerprint density at radius 3 is 1.21 bits per heavy atom. The summed E-state index contributed by atoms with van der Waals surface area (Å²) in [4.78, 5) is 0. The topological polar surface area (TPSA) is 36.9 Å². The highest BCUT2D eigenvalue weighted by Crippen LogP contribution is 2.46. The van der Waals surface area contributed by atoms with Crippen LogP contribution in [0.3, 0.4) is 0 Å². The van der Waals surface area contributed by atoms with Gasteiger partial charge in [-0.25, -0.2) is 0 Å². The van der Waals surface area contributed by atoms with E-state index in [4.69, 9.17) is 18.9 Å². The lowest BCUT2D eigenvalue weighted by Crippen LogP contribution is -2.03. The van der Waals surface area contributed by atoms with E-state index in [1.165, 1.54) is 0 Å². The minimum atomic E-state index is 0.439. The highest BCUT2D eigenvalue weighted by molar-refractivity contribution is 9.12. The van der Waals surface area contributed by atoms with Crippen molar-refractivity contribution in [2.75, 3.05) is 14.2 Å². The number of halogens is 2. The van der Waals surface area contributed by atoms with Crippen LogP contribution in [0.4, 0.5) is 0 Å². The van der Waals surface area contributed by atoms with Gasteiger partial charge in [0.1, 0.15) is 36.2 Å². The number of ether oxygens (including phenoxy) is 4. The lowest BCUT2D eigenvalue weighted by atomic mass is 9.91. The quantitative estimate of drug-likeness (QED) is 0.110. The van der Waals surface area contributed by atoms with Crippen LogP contribution in [0, 0.1) is 13.8 Å². The molecule has 0 amide bonds. The first-order valence-electron chi connectivity index (χ1n) is 17.5. The Hall–Kier alpha value is -5.04. The van der Waals surface area contributed by atoms with Crippen LogP contribution in [0.1, 0.15) is 50.9 Å². The molecular weight excluding hydrogens is 788 g/mol. The van der Waals surface area contributed by atoms with Gasteiger partial charge in [0.2, 0.25) is 0 Å². The molecular formula is C47H42Br2O4. The fraction of sp³-hybridized carbons (Fsp3) is 0.149. The van der Waals surface area contributed by atoms with Crippen LogP contribution < -0.4 is 18.9 Å². The number of aryl methyl sites for hydroxylation is 2. The summed E-state index contributed by atoms with van der Waals surface area (Å²) in [5, 5.41) is 0. The zero-order valence-corrected chi connectivity index (χ0v) is 33.5. The van der Waals surface area contributed by atoms with Gasteiger partial charge in [-0.3, -0.25) is 0 Å². The summed E-state index contributed by atoms with van der Waals surface area (Å²) in [5.41, 5.74) is 10.2. The second kappa shape index (κ2) is 18.1. The molecule has 4 nitrogen and oxygen atoms in total. The molecule has 6 rings (SSSR count). The Morgan fingerprint density at radius 1 is 0.434 bits per heavy atom. The van der Waals surface area contributed by atoms with Crippen molar-refractivity contribution in [1.29, 1.82) is 0 Å². The number of para-hydroxylation sites is 2. The van der Waals surface area contributed by atoms with E-state index in [1.807, 2.05) is 84.9 Å². The van der Waals surface area contributed by atoms with Crippen molar-refractivity contribution in [3.63, 3.8) is 0 Å². The smallest absolute Gasteiger partial charge is 0.127 e.